The number of amides is 1. The van der Waals surface area contributed by atoms with Crippen molar-refractivity contribution in [3.05, 3.63) is 48.2 Å². The first-order valence-electron chi connectivity index (χ1n) is 9.41. The van der Waals surface area contributed by atoms with Gasteiger partial charge in [-0.05, 0) is 37.5 Å². The molecule has 0 atom stereocenters. The van der Waals surface area contributed by atoms with E-state index in [0.29, 0.717) is 37.1 Å². The summed E-state index contributed by atoms with van der Waals surface area (Å²) in [5, 5.41) is 2.97. The molecule has 0 fully saturated rings. The van der Waals surface area contributed by atoms with E-state index in [-0.39, 0.29) is 30.7 Å². The first kappa shape index (κ1) is 27.0. The topological polar surface area (TPSA) is 86.5 Å². The van der Waals surface area contributed by atoms with Crippen LogP contribution in [0.25, 0.3) is 0 Å². The van der Waals surface area contributed by atoms with Crippen LogP contribution in [0.4, 0.5) is 0 Å². The molecule has 0 radical (unpaired) electrons. The molecule has 1 aromatic carbocycles. The summed E-state index contributed by atoms with van der Waals surface area (Å²) >= 11 is 0. The van der Waals surface area contributed by atoms with E-state index >= 15 is 0 Å². The molecular weight excluding hydrogens is 413 g/mol. The summed E-state index contributed by atoms with van der Waals surface area (Å²) in [6.07, 6.45) is 3.13. The minimum absolute atomic E-state index is 0. The zero-order chi connectivity index (χ0) is 19.7. The zero-order valence-corrected chi connectivity index (χ0v) is 18.8. The van der Waals surface area contributed by atoms with Crippen molar-refractivity contribution in [2.75, 3.05) is 13.2 Å². The van der Waals surface area contributed by atoms with Crippen LogP contribution in [-0.2, 0) is 11.3 Å². The maximum absolute atomic E-state index is 12.5. The van der Waals surface area contributed by atoms with Gasteiger partial charge in [0.1, 0.15) is 0 Å². The van der Waals surface area contributed by atoms with Crippen LogP contribution in [0.3, 0.4) is 0 Å². The van der Waals surface area contributed by atoms with Crippen LogP contribution in [0.15, 0.2) is 42.6 Å². The van der Waals surface area contributed by atoms with Crippen molar-refractivity contribution >= 4 is 30.7 Å². The predicted octanol–water partition coefficient (Wildman–Crippen LogP) is 4.50. The molecule has 0 bridgehead atoms. The maximum Gasteiger partial charge on any atom is 0.227 e. The Morgan fingerprint density at radius 2 is 1.72 bits per heavy atom. The summed E-state index contributed by atoms with van der Waals surface area (Å²) in [5.74, 6) is 1.75. The van der Waals surface area contributed by atoms with Gasteiger partial charge in [-0.3, -0.25) is 4.79 Å². The number of hydrogen-bond donors (Lipinski definition) is 2. The first-order chi connectivity index (χ1) is 13.1. The van der Waals surface area contributed by atoms with E-state index in [1.165, 1.54) is 0 Å². The predicted molar refractivity (Wildman–Crippen MR) is 120 cm³/mol. The van der Waals surface area contributed by atoms with Gasteiger partial charge in [0.25, 0.3) is 0 Å². The van der Waals surface area contributed by atoms with Gasteiger partial charge < -0.3 is 20.5 Å². The fraction of sp³-hybridized carbons (Fsp3) is 0.429. The van der Waals surface area contributed by atoms with Crippen molar-refractivity contribution in [2.45, 2.75) is 40.2 Å². The van der Waals surface area contributed by atoms with Gasteiger partial charge in [-0.25, -0.2) is 4.98 Å². The zero-order valence-electron chi connectivity index (χ0n) is 17.1. The molecule has 0 saturated carbocycles. The largest absolute Gasteiger partial charge is 0.490 e. The van der Waals surface area contributed by atoms with Crippen LogP contribution in [0.5, 0.6) is 17.4 Å². The lowest BCUT2D eigenvalue weighted by molar-refractivity contribution is -0.131. The molecule has 2 rings (SSSR count). The number of para-hydroxylation sites is 2. The number of nitrogens with zero attached hydrogens (tertiary/aromatic N) is 1. The highest BCUT2D eigenvalue weighted by molar-refractivity contribution is 5.85. The smallest absolute Gasteiger partial charge is 0.227 e. The molecule has 0 aliphatic carbocycles. The summed E-state index contributed by atoms with van der Waals surface area (Å²) < 4.78 is 11.4. The molecule has 8 heteroatoms. The number of ether oxygens (including phenoxy) is 2. The standard InChI is InChI=1S/C21H29N3O3.2ClH/c1-4-21(5-2,15-22)20(25)24-14-16-11-12-19(23-13-16)27-18-10-8-7-9-17(18)26-6-3;;/h7-13H,4-6,14-15,22H2,1-3H3,(H,24,25);2*1H. The average molecular weight is 444 g/mol. The first-order valence-corrected chi connectivity index (χ1v) is 9.41. The van der Waals surface area contributed by atoms with Gasteiger partial charge in [0.2, 0.25) is 11.8 Å². The lowest BCUT2D eigenvalue weighted by atomic mass is 9.81. The van der Waals surface area contributed by atoms with Crippen LogP contribution in [-0.4, -0.2) is 24.0 Å². The van der Waals surface area contributed by atoms with Crippen molar-refractivity contribution in [1.29, 1.82) is 0 Å². The van der Waals surface area contributed by atoms with Crippen LogP contribution >= 0.6 is 24.8 Å². The quantitative estimate of drug-likeness (QED) is 0.564. The number of benzene rings is 1. The number of rotatable bonds is 10. The molecular formula is C21H31Cl2N3O3. The molecule has 0 aliphatic rings. The third-order valence-corrected chi connectivity index (χ3v) is 4.84. The van der Waals surface area contributed by atoms with Crippen molar-refractivity contribution in [3.63, 3.8) is 0 Å². The minimum atomic E-state index is -0.501. The van der Waals surface area contributed by atoms with Gasteiger partial charge in [0, 0.05) is 25.4 Å². The van der Waals surface area contributed by atoms with Crippen molar-refractivity contribution < 1.29 is 14.3 Å². The molecule has 0 aliphatic heterocycles. The number of nitrogens with one attached hydrogen (secondary N) is 1. The van der Waals surface area contributed by atoms with Crippen molar-refractivity contribution in [1.82, 2.24) is 10.3 Å². The van der Waals surface area contributed by atoms with E-state index in [2.05, 4.69) is 10.3 Å². The molecule has 1 heterocycles. The van der Waals surface area contributed by atoms with Gasteiger partial charge in [0.15, 0.2) is 11.5 Å². The Labute approximate surface area is 185 Å². The van der Waals surface area contributed by atoms with E-state index in [0.717, 1.165) is 18.4 Å². The van der Waals surface area contributed by atoms with Crippen LogP contribution in [0.1, 0.15) is 39.2 Å². The Morgan fingerprint density at radius 3 is 2.24 bits per heavy atom. The Bertz CT molecular complexity index is 730. The van der Waals surface area contributed by atoms with Crippen LogP contribution < -0.4 is 20.5 Å². The maximum atomic E-state index is 12.5. The second-order valence-corrected chi connectivity index (χ2v) is 6.36. The molecule has 162 valence electrons. The average Bonchev–Trinajstić information content (AvgIpc) is 2.71. The number of carbonyl (C=O) groups is 1. The lowest BCUT2D eigenvalue weighted by Crippen LogP contribution is -2.45. The second-order valence-electron chi connectivity index (χ2n) is 6.36. The number of pyridine rings is 1. The molecule has 6 nitrogen and oxygen atoms in total. The molecule has 2 aromatic rings. The van der Waals surface area contributed by atoms with Gasteiger partial charge in [-0.2, -0.15) is 0 Å². The van der Waals surface area contributed by atoms with Gasteiger partial charge >= 0.3 is 0 Å². The summed E-state index contributed by atoms with van der Waals surface area (Å²) in [6, 6.07) is 11.1. The highest BCUT2D eigenvalue weighted by Gasteiger charge is 2.32. The SMILES string of the molecule is CCOc1ccccc1Oc1ccc(CNC(=O)C(CC)(CC)CN)cn1.Cl.Cl. The summed E-state index contributed by atoms with van der Waals surface area (Å²) in [5.41, 5.74) is 6.22. The number of nitrogens with two attached hydrogens (primary N) is 1. The van der Waals surface area contributed by atoms with E-state index in [4.69, 9.17) is 15.2 Å². The molecule has 1 amide bonds. The van der Waals surface area contributed by atoms with E-state index < -0.39 is 5.41 Å². The fourth-order valence-electron chi connectivity index (χ4n) is 2.82. The Kier molecular flexibility index (Phi) is 12.3. The molecule has 0 saturated heterocycles. The van der Waals surface area contributed by atoms with Gasteiger partial charge in [-0.1, -0.05) is 32.0 Å². The molecule has 0 spiro atoms. The Hall–Kier alpha value is -2.02. The van der Waals surface area contributed by atoms with Crippen molar-refractivity contribution in [2.24, 2.45) is 11.1 Å². The molecule has 1 aromatic heterocycles. The van der Waals surface area contributed by atoms with Gasteiger partial charge in [-0.15, -0.1) is 24.8 Å². The highest BCUT2D eigenvalue weighted by Crippen LogP contribution is 2.30. The third kappa shape index (κ3) is 7.07. The van der Waals surface area contributed by atoms with E-state index in [9.17, 15) is 4.79 Å². The summed E-state index contributed by atoms with van der Waals surface area (Å²) in [7, 11) is 0. The van der Waals surface area contributed by atoms with E-state index in [1.807, 2.05) is 51.1 Å². The second kappa shape index (κ2) is 13.2. The number of carbonyl (C=O) groups excluding carboxylic acids is 1. The van der Waals surface area contributed by atoms with Crippen molar-refractivity contribution in [3.8, 4) is 17.4 Å². The lowest BCUT2D eigenvalue weighted by Gasteiger charge is -2.28. The highest BCUT2D eigenvalue weighted by atomic mass is 35.5. The van der Waals surface area contributed by atoms with Gasteiger partial charge in [0.05, 0.1) is 12.0 Å². The number of aromatic nitrogens is 1. The molecule has 29 heavy (non-hydrogen) atoms. The summed E-state index contributed by atoms with van der Waals surface area (Å²) in [4.78, 5) is 16.8. The Morgan fingerprint density at radius 1 is 1.07 bits per heavy atom. The minimum Gasteiger partial charge on any atom is -0.490 e. The Balaban J connectivity index is 0.00000392. The number of halogens is 2. The third-order valence-electron chi connectivity index (χ3n) is 4.84. The molecule has 3 N–H and O–H groups in total. The normalized spacial score (nSPS) is 10.3. The van der Waals surface area contributed by atoms with Crippen LogP contribution in [0, 0.1) is 5.41 Å². The summed E-state index contributed by atoms with van der Waals surface area (Å²) in [6.45, 7) is 7.22. The van der Waals surface area contributed by atoms with Crippen LogP contribution in [0.2, 0.25) is 0 Å². The monoisotopic (exact) mass is 443 g/mol. The fourth-order valence-corrected chi connectivity index (χ4v) is 2.82. The number of hydrogen-bond acceptors (Lipinski definition) is 5. The molecule has 0 unspecified atom stereocenters. The van der Waals surface area contributed by atoms with E-state index in [1.54, 1.807) is 12.3 Å².